The number of amides is 1. The molecule has 6 heteroatoms. The number of aromatic nitrogens is 3. The van der Waals surface area contributed by atoms with Crippen LogP contribution in [0.1, 0.15) is 54.2 Å². The third-order valence-electron chi connectivity index (χ3n) is 5.99. The molecule has 176 valence electrons. The zero-order chi connectivity index (χ0) is 25.3. The van der Waals surface area contributed by atoms with Crippen LogP contribution in [0, 0.1) is 32.1 Å². The number of aryl methyl sites for hydroxylation is 3. The van der Waals surface area contributed by atoms with Gasteiger partial charge in [0.25, 0.3) is 0 Å². The highest BCUT2D eigenvalue weighted by molar-refractivity contribution is 6.02. The molecule has 0 aliphatic carbocycles. The molecule has 0 aliphatic heterocycles. The van der Waals surface area contributed by atoms with Gasteiger partial charge in [0.1, 0.15) is 11.6 Å². The Labute approximate surface area is 205 Å². The van der Waals surface area contributed by atoms with Crippen LogP contribution in [0.25, 0.3) is 22.8 Å². The molecule has 0 saturated carbocycles. The van der Waals surface area contributed by atoms with Crippen molar-refractivity contribution in [1.29, 1.82) is 5.26 Å². The van der Waals surface area contributed by atoms with E-state index >= 15 is 0 Å². The molecule has 0 saturated heterocycles. The molecule has 2 heterocycles. The van der Waals surface area contributed by atoms with Gasteiger partial charge in [-0.25, -0.2) is 4.98 Å². The fourth-order valence-corrected chi connectivity index (χ4v) is 4.08. The lowest BCUT2D eigenvalue weighted by Crippen LogP contribution is -2.14. The molecule has 35 heavy (non-hydrogen) atoms. The lowest BCUT2D eigenvalue weighted by atomic mass is 9.87. The van der Waals surface area contributed by atoms with Gasteiger partial charge in [-0.15, -0.1) is 0 Å². The predicted octanol–water partition coefficient (Wildman–Crippen LogP) is 6.17. The number of carbonyl (C=O) groups is 1. The van der Waals surface area contributed by atoms with Crippen molar-refractivity contribution >= 4 is 28.7 Å². The monoisotopic (exact) mass is 463 g/mol. The van der Waals surface area contributed by atoms with Crippen molar-refractivity contribution in [3.05, 3.63) is 88.1 Å². The first-order valence-corrected chi connectivity index (χ1v) is 11.5. The van der Waals surface area contributed by atoms with Gasteiger partial charge in [0, 0.05) is 11.5 Å². The summed E-state index contributed by atoms with van der Waals surface area (Å²) >= 11 is 0. The summed E-state index contributed by atoms with van der Waals surface area (Å²) in [5.41, 5.74) is 6.62. The van der Waals surface area contributed by atoms with E-state index < -0.39 is 0 Å². The van der Waals surface area contributed by atoms with Crippen LogP contribution in [0.15, 0.2) is 54.7 Å². The van der Waals surface area contributed by atoms with E-state index in [-0.39, 0.29) is 16.9 Å². The second-order valence-electron chi connectivity index (χ2n) is 9.90. The van der Waals surface area contributed by atoms with E-state index in [4.69, 9.17) is 4.98 Å². The molecule has 0 radical (unpaired) electrons. The number of fused-ring (bicyclic) bond motifs is 1. The summed E-state index contributed by atoms with van der Waals surface area (Å²) in [6.07, 6.45) is 4.64. The zero-order valence-corrected chi connectivity index (χ0v) is 21.0. The number of pyridine rings is 1. The van der Waals surface area contributed by atoms with Crippen molar-refractivity contribution in [1.82, 2.24) is 14.8 Å². The smallest absolute Gasteiger partial charge is 0.249 e. The molecule has 1 N–H and O–H groups in total. The van der Waals surface area contributed by atoms with Gasteiger partial charge in [0.05, 0.1) is 11.7 Å². The van der Waals surface area contributed by atoms with Gasteiger partial charge < -0.3 is 5.32 Å². The Kier molecular flexibility index (Phi) is 6.27. The van der Waals surface area contributed by atoms with Gasteiger partial charge in [0.15, 0.2) is 11.6 Å². The summed E-state index contributed by atoms with van der Waals surface area (Å²) in [4.78, 5) is 17.6. The van der Waals surface area contributed by atoms with E-state index in [0.717, 1.165) is 27.6 Å². The predicted molar refractivity (Wildman–Crippen MR) is 141 cm³/mol. The number of nitrogens with one attached hydrogen (secondary N) is 1. The second kappa shape index (κ2) is 9.19. The van der Waals surface area contributed by atoms with E-state index in [1.807, 2.05) is 32.0 Å². The van der Waals surface area contributed by atoms with E-state index in [1.165, 1.54) is 28.1 Å². The Morgan fingerprint density at radius 2 is 1.77 bits per heavy atom. The lowest BCUT2D eigenvalue weighted by Gasteiger charge is -2.18. The highest BCUT2D eigenvalue weighted by Gasteiger charge is 2.17. The van der Waals surface area contributed by atoms with Crippen molar-refractivity contribution in [2.45, 2.75) is 47.0 Å². The summed E-state index contributed by atoms with van der Waals surface area (Å²) in [6, 6.07) is 16.3. The van der Waals surface area contributed by atoms with Crippen LogP contribution in [0.2, 0.25) is 0 Å². The van der Waals surface area contributed by atoms with Crippen LogP contribution >= 0.6 is 0 Å². The molecular weight excluding hydrogens is 434 g/mol. The Bertz CT molecular complexity index is 1500. The number of nitriles is 1. The minimum absolute atomic E-state index is 0.0677. The molecule has 2 aromatic heterocycles. The zero-order valence-electron chi connectivity index (χ0n) is 21.0. The number of hydrogen-bond donors (Lipinski definition) is 1. The standard InChI is InChI=1S/C29H29N5O/c1-18-13-20(3)27-24(14-18)19(2)15-25(32-27)34-28(22(16-30)17-31-34)33-26(35)12-9-21-7-10-23(11-8-21)29(4,5)6/h7-15,17H,1-6H3,(H,33,35)/b12-9+. The van der Waals surface area contributed by atoms with Gasteiger partial charge >= 0.3 is 0 Å². The molecule has 1 amide bonds. The number of anilines is 1. The Hall–Kier alpha value is -4.24. The topological polar surface area (TPSA) is 83.6 Å². The fourth-order valence-electron chi connectivity index (χ4n) is 4.08. The van der Waals surface area contributed by atoms with Crippen molar-refractivity contribution in [2.75, 3.05) is 5.32 Å². The van der Waals surface area contributed by atoms with Crippen molar-refractivity contribution in [2.24, 2.45) is 0 Å². The quantitative estimate of drug-likeness (QED) is 0.367. The third kappa shape index (κ3) is 4.99. The van der Waals surface area contributed by atoms with Crippen LogP contribution in [0.5, 0.6) is 0 Å². The second-order valence-corrected chi connectivity index (χ2v) is 9.90. The number of hydrogen-bond acceptors (Lipinski definition) is 4. The minimum atomic E-state index is -0.354. The number of benzene rings is 2. The summed E-state index contributed by atoms with van der Waals surface area (Å²) < 4.78 is 1.51. The molecule has 4 rings (SSSR count). The van der Waals surface area contributed by atoms with Crippen molar-refractivity contribution in [3.63, 3.8) is 0 Å². The maximum absolute atomic E-state index is 12.8. The molecule has 4 aromatic rings. The van der Waals surface area contributed by atoms with Gasteiger partial charge in [-0.3, -0.25) is 4.79 Å². The van der Waals surface area contributed by atoms with E-state index in [1.54, 1.807) is 6.08 Å². The van der Waals surface area contributed by atoms with Gasteiger partial charge in [-0.1, -0.05) is 56.7 Å². The molecule has 2 aromatic carbocycles. The van der Waals surface area contributed by atoms with Crippen LogP contribution in [-0.2, 0) is 10.2 Å². The average molecular weight is 464 g/mol. The van der Waals surface area contributed by atoms with Crippen molar-refractivity contribution in [3.8, 4) is 11.9 Å². The molecule has 0 aliphatic rings. The lowest BCUT2D eigenvalue weighted by molar-refractivity contribution is -0.111. The average Bonchev–Trinajstić information content (AvgIpc) is 3.20. The summed E-state index contributed by atoms with van der Waals surface area (Å²) in [7, 11) is 0. The molecule has 6 nitrogen and oxygen atoms in total. The molecule has 0 atom stereocenters. The van der Waals surface area contributed by atoms with E-state index in [0.29, 0.717) is 11.6 Å². The van der Waals surface area contributed by atoms with E-state index in [2.05, 4.69) is 68.4 Å². The summed E-state index contributed by atoms with van der Waals surface area (Å²) in [5, 5.41) is 17.8. The normalized spacial score (nSPS) is 11.7. The SMILES string of the molecule is Cc1cc(C)c2nc(-n3ncc(C#N)c3NC(=O)/C=C/c3ccc(C(C)(C)C)cc3)cc(C)c2c1. The fraction of sp³-hybridized carbons (Fsp3) is 0.241. The number of nitrogens with zero attached hydrogens (tertiary/aromatic N) is 4. The Balaban J connectivity index is 1.64. The first-order chi connectivity index (χ1) is 16.6. The van der Waals surface area contributed by atoms with Gasteiger partial charge in [0.2, 0.25) is 5.91 Å². The summed E-state index contributed by atoms with van der Waals surface area (Å²) in [6.45, 7) is 12.6. The maximum Gasteiger partial charge on any atom is 0.249 e. The number of carbonyl (C=O) groups excluding carboxylic acids is 1. The van der Waals surface area contributed by atoms with Crippen LogP contribution in [0.3, 0.4) is 0 Å². The largest absolute Gasteiger partial charge is 0.306 e. The third-order valence-corrected chi connectivity index (χ3v) is 5.99. The summed E-state index contributed by atoms with van der Waals surface area (Å²) in [5.74, 6) is 0.481. The van der Waals surface area contributed by atoms with Crippen LogP contribution < -0.4 is 5.32 Å². The van der Waals surface area contributed by atoms with Gasteiger partial charge in [-0.05, 0) is 66.6 Å². The first kappa shape index (κ1) is 23.9. The molecule has 0 unspecified atom stereocenters. The van der Waals surface area contributed by atoms with E-state index in [9.17, 15) is 10.1 Å². The Morgan fingerprint density at radius 3 is 2.43 bits per heavy atom. The van der Waals surface area contributed by atoms with Gasteiger partial charge in [-0.2, -0.15) is 15.0 Å². The highest BCUT2D eigenvalue weighted by Crippen LogP contribution is 2.27. The molecule has 0 bridgehead atoms. The van der Waals surface area contributed by atoms with Crippen LogP contribution in [0.4, 0.5) is 5.82 Å². The maximum atomic E-state index is 12.8. The number of rotatable bonds is 4. The highest BCUT2D eigenvalue weighted by atomic mass is 16.1. The molecule has 0 fully saturated rings. The molecular formula is C29H29N5O. The first-order valence-electron chi connectivity index (χ1n) is 11.5. The minimum Gasteiger partial charge on any atom is -0.306 e. The Morgan fingerprint density at radius 1 is 1.06 bits per heavy atom. The van der Waals surface area contributed by atoms with Crippen molar-refractivity contribution < 1.29 is 4.79 Å². The molecule has 0 spiro atoms. The van der Waals surface area contributed by atoms with Crippen LogP contribution in [-0.4, -0.2) is 20.7 Å².